The number of likely N-dealkylation sites (tertiary alicyclic amines) is 1. The van der Waals surface area contributed by atoms with Gasteiger partial charge in [-0.15, -0.1) is 0 Å². The van der Waals surface area contributed by atoms with Crippen molar-refractivity contribution in [3.05, 3.63) is 72.1 Å². The summed E-state index contributed by atoms with van der Waals surface area (Å²) in [5.41, 5.74) is 2.12. The number of ether oxygens (including phenoxy) is 1. The van der Waals surface area contributed by atoms with Gasteiger partial charge in [0.15, 0.2) is 0 Å². The van der Waals surface area contributed by atoms with E-state index in [9.17, 15) is 4.79 Å². The molecule has 5 heteroatoms. The fraction of sp³-hybridized carbons (Fsp3) is 0.333. The molecule has 1 saturated heterocycles. The van der Waals surface area contributed by atoms with Crippen LogP contribution in [0, 0.1) is 5.92 Å². The van der Waals surface area contributed by atoms with Crippen LogP contribution in [0.5, 0.6) is 5.75 Å². The third-order valence-electron chi connectivity index (χ3n) is 5.73. The lowest BCUT2D eigenvalue weighted by molar-refractivity contribution is -0.126. The van der Waals surface area contributed by atoms with Crippen molar-refractivity contribution in [1.29, 1.82) is 0 Å². The van der Waals surface area contributed by atoms with Gasteiger partial charge in [-0.25, -0.2) is 0 Å². The van der Waals surface area contributed by atoms with Crippen LogP contribution in [0.3, 0.4) is 0 Å². The number of piperidine rings is 1. The molecule has 4 rings (SSSR count). The second-order valence-electron chi connectivity index (χ2n) is 7.56. The van der Waals surface area contributed by atoms with Crippen LogP contribution in [-0.2, 0) is 17.9 Å². The van der Waals surface area contributed by atoms with Crippen molar-refractivity contribution in [2.24, 2.45) is 5.92 Å². The zero-order chi connectivity index (χ0) is 20.1. The zero-order valence-electron chi connectivity index (χ0n) is 16.8. The predicted octanol–water partition coefficient (Wildman–Crippen LogP) is 3.77. The monoisotopic (exact) mass is 389 g/mol. The van der Waals surface area contributed by atoms with Gasteiger partial charge < -0.3 is 10.1 Å². The highest BCUT2D eigenvalue weighted by Gasteiger charge is 2.25. The van der Waals surface area contributed by atoms with Crippen LogP contribution in [0.2, 0.25) is 0 Å². The predicted molar refractivity (Wildman–Crippen MR) is 115 cm³/mol. The first-order valence-corrected chi connectivity index (χ1v) is 10.2. The minimum Gasteiger partial charge on any atom is -0.496 e. The van der Waals surface area contributed by atoms with Crippen LogP contribution >= 0.6 is 0 Å². The molecular formula is C24H27N3O2. The quantitative estimate of drug-likeness (QED) is 0.697. The Morgan fingerprint density at radius 3 is 2.66 bits per heavy atom. The van der Waals surface area contributed by atoms with Gasteiger partial charge in [-0.05, 0) is 54.9 Å². The molecule has 2 aromatic carbocycles. The number of hydrogen-bond acceptors (Lipinski definition) is 4. The summed E-state index contributed by atoms with van der Waals surface area (Å²) in [5, 5.41) is 5.43. The summed E-state index contributed by atoms with van der Waals surface area (Å²) < 4.78 is 5.54. The summed E-state index contributed by atoms with van der Waals surface area (Å²) in [6.45, 7) is 3.18. The van der Waals surface area contributed by atoms with Crippen LogP contribution in [0.25, 0.3) is 10.8 Å². The third-order valence-corrected chi connectivity index (χ3v) is 5.73. The summed E-state index contributed by atoms with van der Waals surface area (Å²) >= 11 is 0. The Bertz CT molecular complexity index is 966. The number of nitrogens with one attached hydrogen (secondary N) is 1. The maximum Gasteiger partial charge on any atom is 0.223 e. The molecule has 0 saturated carbocycles. The Morgan fingerprint density at radius 2 is 1.90 bits per heavy atom. The maximum absolute atomic E-state index is 12.8. The third kappa shape index (κ3) is 4.57. The molecule has 0 aliphatic carbocycles. The number of amides is 1. The van der Waals surface area contributed by atoms with Gasteiger partial charge in [0, 0.05) is 30.8 Å². The molecule has 1 aromatic heterocycles. The van der Waals surface area contributed by atoms with E-state index in [1.165, 1.54) is 0 Å². The molecule has 29 heavy (non-hydrogen) atoms. The SMILES string of the molecule is COc1ccc2ccccc2c1CNC(=O)C1CCN(Cc2ccccn2)CC1. The number of rotatable bonds is 6. The molecule has 0 radical (unpaired) electrons. The molecule has 0 spiro atoms. The Kier molecular flexibility index (Phi) is 6.06. The molecule has 5 nitrogen and oxygen atoms in total. The van der Waals surface area contributed by atoms with E-state index in [1.807, 2.05) is 36.5 Å². The van der Waals surface area contributed by atoms with Gasteiger partial charge in [0.25, 0.3) is 0 Å². The Balaban J connectivity index is 1.35. The van der Waals surface area contributed by atoms with Crippen molar-refractivity contribution < 1.29 is 9.53 Å². The lowest BCUT2D eigenvalue weighted by Crippen LogP contribution is -2.40. The van der Waals surface area contributed by atoms with Crippen molar-refractivity contribution in [2.45, 2.75) is 25.9 Å². The highest BCUT2D eigenvalue weighted by atomic mass is 16.5. The molecule has 150 valence electrons. The average molecular weight is 389 g/mol. The largest absolute Gasteiger partial charge is 0.496 e. The van der Waals surface area contributed by atoms with E-state index in [4.69, 9.17) is 4.74 Å². The topological polar surface area (TPSA) is 54.5 Å². The second-order valence-corrected chi connectivity index (χ2v) is 7.56. The van der Waals surface area contributed by atoms with Crippen LogP contribution in [0.15, 0.2) is 60.8 Å². The van der Waals surface area contributed by atoms with E-state index < -0.39 is 0 Å². The van der Waals surface area contributed by atoms with Gasteiger partial charge in [-0.2, -0.15) is 0 Å². The van der Waals surface area contributed by atoms with Gasteiger partial charge in [0.1, 0.15) is 5.75 Å². The number of nitrogens with zero attached hydrogens (tertiary/aromatic N) is 2. The summed E-state index contributed by atoms with van der Waals surface area (Å²) in [7, 11) is 1.67. The molecule has 3 aromatic rings. The van der Waals surface area contributed by atoms with Crippen molar-refractivity contribution in [3.8, 4) is 5.75 Å². The second kappa shape index (κ2) is 9.05. The number of fused-ring (bicyclic) bond motifs is 1. The molecule has 0 unspecified atom stereocenters. The molecule has 0 atom stereocenters. The number of aromatic nitrogens is 1. The number of hydrogen-bond donors (Lipinski definition) is 1. The average Bonchev–Trinajstić information content (AvgIpc) is 2.78. The Labute approximate surface area is 171 Å². The van der Waals surface area contributed by atoms with Gasteiger partial charge in [0.2, 0.25) is 5.91 Å². The fourth-order valence-corrected chi connectivity index (χ4v) is 4.08. The van der Waals surface area contributed by atoms with Crippen LogP contribution in [0.1, 0.15) is 24.1 Å². The fourth-order valence-electron chi connectivity index (χ4n) is 4.08. The number of carbonyl (C=O) groups excluding carboxylic acids is 1. The molecule has 1 N–H and O–H groups in total. The number of carbonyl (C=O) groups is 1. The Morgan fingerprint density at radius 1 is 1.10 bits per heavy atom. The molecule has 1 aliphatic rings. The van der Waals surface area contributed by atoms with E-state index in [0.29, 0.717) is 6.54 Å². The first kappa shape index (κ1) is 19.4. The van der Waals surface area contributed by atoms with E-state index in [2.05, 4.69) is 39.5 Å². The van der Waals surface area contributed by atoms with Gasteiger partial charge in [-0.3, -0.25) is 14.7 Å². The summed E-state index contributed by atoms with van der Waals surface area (Å²) in [5.74, 6) is 1.02. The van der Waals surface area contributed by atoms with Gasteiger partial charge >= 0.3 is 0 Å². The zero-order valence-corrected chi connectivity index (χ0v) is 16.8. The first-order chi connectivity index (χ1) is 14.2. The van der Waals surface area contributed by atoms with E-state index in [0.717, 1.165) is 60.3 Å². The van der Waals surface area contributed by atoms with Crippen molar-refractivity contribution in [3.63, 3.8) is 0 Å². The van der Waals surface area contributed by atoms with Crippen LogP contribution in [-0.4, -0.2) is 36.0 Å². The molecule has 1 fully saturated rings. The van der Waals surface area contributed by atoms with E-state index in [-0.39, 0.29) is 11.8 Å². The van der Waals surface area contributed by atoms with Gasteiger partial charge in [0.05, 0.1) is 12.8 Å². The first-order valence-electron chi connectivity index (χ1n) is 10.2. The number of methoxy groups -OCH3 is 1. The molecule has 1 aliphatic heterocycles. The maximum atomic E-state index is 12.8. The minimum atomic E-state index is 0.0657. The van der Waals surface area contributed by atoms with Gasteiger partial charge in [-0.1, -0.05) is 36.4 Å². The normalized spacial score (nSPS) is 15.3. The lowest BCUT2D eigenvalue weighted by Gasteiger charge is -2.31. The van der Waals surface area contributed by atoms with Crippen LogP contribution < -0.4 is 10.1 Å². The molecular weight excluding hydrogens is 362 g/mol. The summed E-state index contributed by atoms with van der Waals surface area (Å²) in [6.07, 6.45) is 3.59. The van der Waals surface area contributed by atoms with Crippen molar-refractivity contribution in [2.75, 3.05) is 20.2 Å². The minimum absolute atomic E-state index is 0.0657. The van der Waals surface area contributed by atoms with Crippen LogP contribution in [0.4, 0.5) is 0 Å². The van der Waals surface area contributed by atoms with Crippen molar-refractivity contribution >= 4 is 16.7 Å². The Hall–Kier alpha value is -2.92. The highest BCUT2D eigenvalue weighted by Crippen LogP contribution is 2.28. The molecule has 2 heterocycles. The van der Waals surface area contributed by atoms with E-state index in [1.54, 1.807) is 7.11 Å². The van der Waals surface area contributed by atoms with E-state index >= 15 is 0 Å². The number of benzene rings is 2. The smallest absolute Gasteiger partial charge is 0.223 e. The standard InChI is InChI=1S/C24H27N3O2/c1-29-23-10-9-18-6-2-3-8-21(18)22(23)16-26-24(28)19-11-14-27(15-12-19)17-20-7-4-5-13-25-20/h2-10,13,19H,11-12,14-17H2,1H3,(H,26,28). The highest BCUT2D eigenvalue weighted by molar-refractivity contribution is 5.88. The van der Waals surface area contributed by atoms with Crippen molar-refractivity contribution in [1.82, 2.24) is 15.2 Å². The lowest BCUT2D eigenvalue weighted by atomic mass is 9.95. The summed E-state index contributed by atoms with van der Waals surface area (Å²) in [4.78, 5) is 19.6. The molecule has 1 amide bonds. The number of pyridine rings is 1. The molecule has 0 bridgehead atoms. The summed E-state index contributed by atoms with van der Waals surface area (Å²) in [6, 6.07) is 18.2.